The van der Waals surface area contributed by atoms with E-state index in [1.807, 2.05) is 13.0 Å². The Balaban J connectivity index is 2.10. The molecule has 6 nitrogen and oxygen atoms in total. The lowest BCUT2D eigenvalue weighted by Crippen LogP contribution is -2.40. The van der Waals surface area contributed by atoms with Gasteiger partial charge in [-0.05, 0) is 39.0 Å². The SMILES string of the molecule is CCC1CCCCN1c1cc(C(=O)NCCCOC)nc(C)n1. The molecule has 0 bridgehead atoms. The maximum absolute atomic E-state index is 12.3. The predicted octanol–water partition coefficient (Wildman–Crippen LogP) is 2.32. The van der Waals surface area contributed by atoms with E-state index in [-0.39, 0.29) is 5.91 Å². The molecule has 0 radical (unpaired) electrons. The van der Waals surface area contributed by atoms with Crippen LogP contribution in [0.3, 0.4) is 0 Å². The van der Waals surface area contributed by atoms with Crippen molar-refractivity contribution in [2.75, 3.05) is 31.7 Å². The number of rotatable bonds is 7. The van der Waals surface area contributed by atoms with Crippen LogP contribution in [-0.4, -0.2) is 48.7 Å². The van der Waals surface area contributed by atoms with Crippen LogP contribution in [0.2, 0.25) is 0 Å². The van der Waals surface area contributed by atoms with Gasteiger partial charge in [0.25, 0.3) is 5.91 Å². The molecule has 1 aromatic rings. The number of aromatic nitrogens is 2. The average molecular weight is 320 g/mol. The van der Waals surface area contributed by atoms with Crippen molar-refractivity contribution < 1.29 is 9.53 Å². The van der Waals surface area contributed by atoms with Gasteiger partial charge in [-0.3, -0.25) is 4.79 Å². The third kappa shape index (κ3) is 4.89. The molecule has 0 aromatic carbocycles. The summed E-state index contributed by atoms with van der Waals surface area (Å²) in [5.74, 6) is 1.38. The van der Waals surface area contributed by atoms with Crippen LogP contribution in [0.15, 0.2) is 6.07 Å². The lowest BCUT2D eigenvalue weighted by Gasteiger charge is -2.36. The van der Waals surface area contributed by atoms with Gasteiger partial charge in [0.05, 0.1) is 0 Å². The number of anilines is 1. The standard InChI is InChI=1S/C17H28N4O2/c1-4-14-8-5-6-10-21(14)16-12-15(19-13(2)20-16)17(22)18-9-7-11-23-3/h12,14H,4-11H2,1-3H3,(H,18,22). The van der Waals surface area contributed by atoms with Gasteiger partial charge in [-0.15, -0.1) is 0 Å². The third-order valence-electron chi connectivity index (χ3n) is 4.26. The van der Waals surface area contributed by atoms with Gasteiger partial charge >= 0.3 is 0 Å². The van der Waals surface area contributed by atoms with Crippen LogP contribution in [0.4, 0.5) is 5.82 Å². The third-order valence-corrected chi connectivity index (χ3v) is 4.26. The zero-order valence-electron chi connectivity index (χ0n) is 14.5. The molecule has 0 aliphatic carbocycles. The van der Waals surface area contributed by atoms with E-state index in [2.05, 4.69) is 27.1 Å². The number of amides is 1. The second-order valence-electron chi connectivity index (χ2n) is 6.01. The Morgan fingerprint density at radius 1 is 1.43 bits per heavy atom. The fourth-order valence-corrected chi connectivity index (χ4v) is 3.05. The van der Waals surface area contributed by atoms with Gasteiger partial charge in [-0.25, -0.2) is 9.97 Å². The number of hydrogen-bond donors (Lipinski definition) is 1. The Morgan fingerprint density at radius 3 is 3.00 bits per heavy atom. The van der Waals surface area contributed by atoms with E-state index in [1.165, 1.54) is 19.3 Å². The normalized spacial score (nSPS) is 18.0. The Hall–Kier alpha value is -1.69. The van der Waals surface area contributed by atoms with Crippen molar-refractivity contribution in [1.29, 1.82) is 0 Å². The van der Waals surface area contributed by atoms with Crippen LogP contribution in [-0.2, 0) is 4.74 Å². The summed E-state index contributed by atoms with van der Waals surface area (Å²) in [4.78, 5) is 23.5. The van der Waals surface area contributed by atoms with E-state index in [4.69, 9.17) is 4.74 Å². The zero-order chi connectivity index (χ0) is 16.7. The van der Waals surface area contributed by atoms with Gasteiger partial charge in [0.15, 0.2) is 0 Å². The molecule has 23 heavy (non-hydrogen) atoms. The summed E-state index contributed by atoms with van der Waals surface area (Å²) in [6.45, 7) is 6.28. The van der Waals surface area contributed by atoms with Gasteiger partial charge in [0.1, 0.15) is 17.3 Å². The van der Waals surface area contributed by atoms with E-state index >= 15 is 0 Å². The Kier molecular flexibility index (Phi) is 6.77. The van der Waals surface area contributed by atoms with Crippen molar-refractivity contribution in [1.82, 2.24) is 15.3 Å². The lowest BCUT2D eigenvalue weighted by atomic mass is 10.00. The summed E-state index contributed by atoms with van der Waals surface area (Å²) < 4.78 is 4.99. The molecule has 0 spiro atoms. The maximum Gasteiger partial charge on any atom is 0.270 e. The summed E-state index contributed by atoms with van der Waals surface area (Å²) in [5.41, 5.74) is 0.449. The molecule has 1 atom stereocenters. The highest BCUT2D eigenvalue weighted by Crippen LogP contribution is 2.25. The minimum Gasteiger partial charge on any atom is -0.385 e. The average Bonchev–Trinajstić information content (AvgIpc) is 2.58. The Labute approximate surface area is 138 Å². The number of ether oxygens (including phenoxy) is 1. The van der Waals surface area contributed by atoms with E-state index in [9.17, 15) is 4.79 Å². The molecule has 6 heteroatoms. The number of methoxy groups -OCH3 is 1. The number of nitrogens with one attached hydrogen (secondary N) is 1. The molecule has 2 rings (SSSR count). The molecule has 1 saturated heterocycles. The van der Waals surface area contributed by atoms with Crippen molar-refractivity contribution in [3.8, 4) is 0 Å². The van der Waals surface area contributed by atoms with Crippen molar-refractivity contribution in [2.24, 2.45) is 0 Å². The quantitative estimate of drug-likeness (QED) is 0.781. The van der Waals surface area contributed by atoms with E-state index < -0.39 is 0 Å². The van der Waals surface area contributed by atoms with Crippen LogP contribution in [0.5, 0.6) is 0 Å². The fourth-order valence-electron chi connectivity index (χ4n) is 3.05. The van der Waals surface area contributed by atoms with Crippen LogP contribution < -0.4 is 10.2 Å². The number of carbonyl (C=O) groups is 1. The molecule has 2 heterocycles. The van der Waals surface area contributed by atoms with Crippen molar-refractivity contribution in [3.63, 3.8) is 0 Å². The van der Waals surface area contributed by atoms with Gasteiger partial charge in [-0.2, -0.15) is 0 Å². The first-order chi connectivity index (χ1) is 11.2. The summed E-state index contributed by atoms with van der Waals surface area (Å²) in [6.07, 6.45) is 5.53. The van der Waals surface area contributed by atoms with Crippen molar-refractivity contribution in [3.05, 3.63) is 17.6 Å². The predicted molar refractivity (Wildman–Crippen MR) is 90.9 cm³/mol. The molecular weight excluding hydrogens is 292 g/mol. The highest BCUT2D eigenvalue weighted by atomic mass is 16.5. The molecule has 1 amide bonds. The highest BCUT2D eigenvalue weighted by Gasteiger charge is 2.23. The Morgan fingerprint density at radius 2 is 2.26 bits per heavy atom. The van der Waals surface area contributed by atoms with Crippen LogP contribution in [0.1, 0.15) is 55.3 Å². The molecule has 1 fully saturated rings. The molecule has 1 N–H and O–H groups in total. The second-order valence-corrected chi connectivity index (χ2v) is 6.01. The topological polar surface area (TPSA) is 67.4 Å². The van der Waals surface area contributed by atoms with Gasteiger partial charge < -0.3 is 15.0 Å². The summed E-state index contributed by atoms with van der Waals surface area (Å²) >= 11 is 0. The first-order valence-corrected chi connectivity index (χ1v) is 8.55. The minimum absolute atomic E-state index is 0.141. The number of carbonyl (C=O) groups excluding carboxylic acids is 1. The smallest absolute Gasteiger partial charge is 0.270 e. The number of piperidine rings is 1. The number of nitrogens with zero attached hydrogens (tertiary/aromatic N) is 3. The maximum atomic E-state index is 12.3. The largest absolute Gasteiger partial charge is 0.385 e. The first-order valence-electron chi connectivity index (χ1n) is 8.55. The molecule has 1 aromatic heterocycles. The summed E-state index contributed by atoms with van der Waals surface area (Å²) in [6, 6.07) is 2.34. The van der Waals surface area contributed by atoms with E-state index in [0.29, 0.717) is 30.7 Å². The summed E-state index contributed by atoms with van der Waals surface area (Å²) in [7, 11) is 1.66. The molecule has 1 aliphatic heterocycles. The van der Waals surface area contributed by atoms with Gasteiger partial charge in [0, 0.05) is 38.9 Å². The van der Waals surface area contributed by atoms with Crippen molar-refractivity contribution >= 4 is 11.7 Å². The van der Waals surface area contributed by atoms with Crippen LogP contribution >= 0.6 is 0 Å². The first kappa shape index (κ1) is 17.7. The minimum atomic E-state index is -0.141. The molecule has 1 unspecified atom stereocenters. The monoisotopic (exact) mass is 320 g/mol. The lowest BCUT2D eigenvalue weighted by molar-refractivity contribution is 0.0943. The zero-order valence-corrected chi connectivity index (χ0v) is 14.5. The second kappa shape index (κ2) is 8.82. The fraction of sp³-hybridized carbons (Fsp3) is 0.706. The van der Waals surface area contributed by atoms with Crippen molar-refractivity contribution in [2.45, 2.75) is 52.0 Å². The van der Waals surface area contributed by atoms with Crippen LogP contribution in [0.25, 0.3) is 0 Å². The van der Waals surface area contributed by atoms with E-state index in [0.717, 1.165) is 25.2 Å². The van der Waals surface area contributed by atoms with Gasteiger partial charge in [0.2, 0.25) is 0 Å². The number of aryl methyl sites for hydroxylation is 1. The molecule has 0 saturated carbocycles. The molecular formula is C17H28N4O2. The van der Waals surface area contributed by atoms with E-state index in [1.54, 1.807) is 7.11 Å². The van der Waals surface area contributed by atoms with Gasteiger partial charge in [-0.1, -0.05) is 6.92 Å². The molecule has 1 aliphatic rings. The Bertz CT molecular complexity index is 521. The number of hydrogen-bond acceptors (Lipinski definition) is 5. The highest BCUT2D eigenvalue weighted by molar-refractivity contribution is 5.92. The molecule has 128 valence electrons. The van der Waals surface area contributed by atoms with Crippen LogP contribution in [0, 0.1) is 6.92 Å². The summed E-state index contributed by atoms with van der Waals surface area (Å²) in [5, 5.41) is 2.89.